The summed E-state index contributed by atoms with van der Waals surface area (Å²) >= 11 is 0. The van der Waals surface area contributed by atoms with Crippen LogP contribution in [-0.4, -0.2) is 35.0 Å². The van der Waals surface area contributed by atoms with Crippen molar-refractivity contribution in [3.8, 4) is 0 Å². The molecule has 0 bridgehead atoms. The first-order valence-electron chi connectivity index (χ1n) is 9.64. The molecule has 3 rings (SSSR count). The molecule has 1 N–H and O–H groups in total. The molecule has 1 saturated heterocycles. The Morgan fingerprint density at radius 2 is 1.56 bits per heavy atom. The van der Waals surface area contributed by atoms with Gasteiger partial charge in [-0.1, -0.05) is 67.6 Å². The number of piperidine rings is 1. The van der Waals surface area contributed by atoms with Crippen molar-refractivity contribution in [2.75, 3.05) is 13.1 Å². The zero-order valence-electron chi connectivity index (χ0n) is 15.8. The maximum Gasteiger partial charge on any atom is 0.314 e. The SMILES string of the molecule is CC(CCC(=O)N1CCC(C(=O)O)(c2ccccc2)CC1)c1ccccc1. The number of likely N-dealkylation sites (tertiary alicyclic amines) is 1. The Balaban J connectivity index is 1.58. The number of aliphatic carboxylic acids is 1. The highest BCUT2D eigenvalue weighted by Gasteiger charge is 2.43. The molecule has 0 aromatic heterocycles. The molecule has 2 aromatic rings. The van der Waals surface area contributed by atoms with Gasteiger partial charge in [0.15, 0.2) is 0 Å². The molecule has 0 aliphatic carbocycles. The summed E-state index contributed by atoms with van der Waals surface area (Å²) in [4.78, 5) is 26.5. The van der Waals surface area contributed by atoms with Crippen molar-refractivity contribution in [2.24, 2.45) is 0 Å². The van der Waals surface area contributed by atoms with E-state index in [-0.39, 0.29) is 5.91 Å². The van der Waals surface area contributed by atoms with E-state index in [9.17, 15) is 14.7 Å². The van der Waals surface area contributed by atoms with E-state index in [2.05, 4.69) is 19.1 Å². The number of carboxylic acids is 1. The molecule has 0 spiro atoms. The standard InChI is InChI=1S/C23H27NO3/c1-18(19-8-4-2-5-9-19)12-13-21(25)24-16-14-23(15-17-24,22(26)27)20-10-6-3-7-11-20/h2-11,18H,12-17H2,1H3,(H,26,27). The van der Waals surface area contributed by atoms with E-state index in [1.807, 2.05) is 53.4 Å². The Morgan fingerprint density at radius 1 is 1.00 bits per heavy atom. The van der Waals surface area contributed by atoms with Gasteiger partial charge >= 0.3 is 5.97 Å². The highest BCUT2D eigenvalue weighted by atomic mass is 16.4. The summed E-state index contributed by atoms with van der Waals surface area (Å²) in [5, 5.41) is 9.87. The maximum absolute atomic E-state index is 12.6. The normalized spacial score (nSPS) is 17.3. The van der Waals surface area contributed by atoms with Gasteiger partial charge < -0.3 is 10.0 Å². The summed E-state index contributed by atoms with van der Waals surface area (Å²) in [6.07, 6.45) is 2.24. The van der Waals surface area contributed by atoms with Crippen LogP contribution in [-0.2, 0) is 15.0 Å². The van der Waals surface area contributed by atoms with Gasteiger partial charge in [0, 0.05) is 19.5 Å². The molecule has 1 heterocycles. The van der Waals surface area contributed by atoms with Crippen molar-refractivity contribution < 1.29 is 14.7 Å². The molecule has 4 heteroatoms. The number of hydrogen-bond donors (Lipinski definition) is 1. The van der Waals surface area contributed by atoms with Crippen LogP contribution >= 0.6 is 0 Å². The summed E-state index contributed by atoms with van der Waals surface area (Å²) < 4.78 is 0. The van der Waals surface area contributed by atoms with Gasteiger partial charge in [0.1, 0.15) is 0 Å². The molecule has 0 radical (unpaired) electrons. The van der Waals surface area contributed by atoms with Gasteiger partial charge in [0.05, 0.1) is 5.41 Å². The summed E-state index contributed by atoms with van der Waals surface area (Å²) in [5.41, 5.74) is 1.20. The Morgan fingerprint density at radius 3 is 2.11 bits per heavy atom. The quantitative estimate of drug-likeness (QED) is 0.834. The second kappa shape index (κ2) is 8.38. The van der Waals surface area contributed by atoms with E-state index in [1.54, 1.807) is 0 Å². The van der Waals surface area contributed by atoms with Crippen LogP contribution in [0.2, 0.25) is 0 Å². The number of carboxylic acid groups (broad SMARTS) is 1. The van der Waals surface area contributed by atoms with Gasteiger partial charge in [-0.15, -0.1) is 0 Å². The minimum atomic E-state index is -0.880. The minimum Gasteiger partial charge on any atom is -0.481 e. The predicted molar refractivity (Wildman–Crippen MR) is 106 cm³/mol. The monoisotopic (exact) mass is 365 g/mol. The Kier molecular flexibility index (Phi) is 5.94. The molecule has 1 amide bonds. The molecule has 27 heavy (non-hydrogen) atoms. The van der Waals surface area contributed by atoms with Crippen molar-refractivity contribution in [3.63, 3.8) is 0 Å². The Labute approximate surface area is 160 Å². The van der Waals surface area contributed by atoms with Crippen LogP contribution in [0.1, 0.15) is 49.7 Å². The third kappa shape index (κ3) is 4.21. The van der Waals surface area contributed by atoms with Crippen molar-refractivity contribution in [3.05, 3.63) is 71.8 Å². The third-order valence-corrected chi connectivity index (χ3v) is 5.87. The summed E-state index contributed by atoms with van der Waals surface area (Å²) in [7, 11) is 0. The zero-order chi connectivity index (χ0) is 19.3. The number of nitrogens with zero attached hydrogens (tertiary/aromatic N) is 1. The van der Waals surface area contributed by atoms with Crippen molar-refractivity contribution >= 4 is 11.9 Å². The summed E-state index contributed by atoms with van der Waals surface area (Å²) in [6, 6.07) is 19.6. The smallest absolute Gasteiger partial charge is 0.314 e. The fourth-order valence-corrected chi connectivity index (χ4v) is 3.97. The van der Waals surface area contributed by atoms with Gasteiger partial charge in [-0.3, -0.25) is 9.59 Å². The lowest BCUT2D eigenvalue weighted by Gasteiger charge is -2.39. The lowest BCUT2D eigenvalue weighted by atomic mass is 9.73. The van der Waals surface area contributed by atoms with Crippen LogP contribution in [0.5, 0.6) is 0 Å². The first-order valence-corrected chi connectivity index (χ1v) is 9.64. The third-order valence-electron chi connectivity index (χ3n) is 5.87. The van der Waals surface area contributed by atoms with E-state index in [4.69, 9.17) is 0 Å². The molecule has 1 atom stereocenters. The zero-order valence-corrected chi connectivity index (χ0v) is 15.8. The van der Waals surface area contributed by atoms with Gasteiger partial charge in [0.25, 0.3) is 0 Å². The molecule has 1 unspecified atom stereocenters. The van der Waals surface area contributed by atoms with Gasteiger partial charge in [-0.05, 0) is 36.3 Å². The molecule has 1 fully saturated rings. The van der Waals surface area contributed by atoms with E-state index in [0.29, 0.717) is 38.3 Å². The van der Waals surface area contributed by atoms with Gasteiger partial charge in [-0.2, -0.15) is 0 Å². The lowest BCUT2D eigenvalue weighted by molar-refractivity contribution is -0.148. The van der Waals surface area contributed by atoms with E-state index >= 15 is 0 Å². The van der Waals surface area contributed by atoms with E-state index < -0.39 is 11.4 Å². The second-order valence-corrected chi connectivity index (χ2v) is 7.48. The number of benzene rings is 2. The van der Waals surface area contributed by atoms with Gasteiger partial charge in [-0.25, -0.2) is 0 Å². The van der Waals surface area contributed by atoms with Crippen LogP contribution in [0.4, 0.5) is 0 Å². The predicted octanol–water partition coefficient (Wildman–Crippen LogP) is 4.22. The molecular formula is C23H27NO3. The summed E-state index contributed by atoms with van der Waals surface area (Å²) in [6.45, 7) is 3.14. The fraction of sp³-hybridized carbons (Fsp3) is 0.391. The average molecular weight is 365 g/mol. The largest absolute Gasteiger partial charge is 0.481 e. The molecule has 142 valence electrons. The minimum absolute atomic E-state index is 0.129. The van der Waals surface area contributed by atoms with Crippen molar-refractivity contribution in [2.45, 2.75) is 43.9 Å². The number of amides is 1. The van der Waals surface area contributed by atoms with Crippen molar-refractivity contribution in [1.82, 2.24) is 4.90 Å². The highest BCUT2D eigenvalue weighted by molar-refractivity contribution is 5.82. The van der Waals surface area contributed by atoms with E-state index in [0.717, 1.165) is 12.0 Å². The van der Waals surface area contributed by atoms with Crippen LogP contribution in [0.25, 0.3) is 0 Å². The molecule has 4 nitrogen and oxygen atoms in total. The highest BCUT2D eigenvalue weighted by Crippen LogP contribution is 2.36. The van der Waals surface area contributed by atoms with Crippen LogP contribution in [0.3, 0.4) is 0 Å². The van der Waals surface area contributed by atoms with Crippen LogP contribution in [0.15, 0.2) is 60.7 Å². The second-order valence-electron chi connectivity index (χ2n) is 7.48. The number of rotatable bonds is 6. The van der Waals surface area contributed by atoms with E-state index in [1.165, 1.54) is 5.56 Å². The van der Waals surface area contributed by atoms with Gasteiger partial charge in [0.2, 0.25) is 5.91 Å². The molecular weight excluding hydrogens is 338 g/mol. The fourth-order valence-electron chi connectivity index (χ4n) is 3.97. The maximum atomic E-state index is 12.6. The van der Waals surface area contributed by atoms with Crippen LogP contribution < -0.4 is 0 Å². The number of carbonyl (C=O) groups is 2. The first-order chi connectivity index (χ1) is 13.0. The van der Waals surface area contributed by atoms with Crippen molar-refractivity contribution in [1.29, 1.82) is 0 Å². The lowest BCUT2D eigenvalue weighted by Crippen LogP contribution is -2.49. The molecule has 2 aromatic carbocycles. The topological polar surface area (TPSA) is 57.6 Å². The average Bonchev–Trinajstić information content (AvgIpc) is 2.73. The molecule has 1 aliphatic rings. The Hall–Kier alpha value is -2.62. The van der Waals surface area contributed by atoms with Crippen LogP contribution in [0, 0.1) is 0 Å². The number of carbonyl (C=O) groups excluding carboxylic acids is 1. The molecule has 1 aliphatic heterocycles. The summed E-state index contributed by atoms with van der Waals surface area (Å²) in [5.74, 6) is -0.328. The Bertz CT molecular complexity index is 765. The number of hydrogen-bond acceptors (Lipinski definition) is 2. The first kappa shape index (κ1) is 19.2. The molecule has 0 saturated carbocycles.